The van der Waals surface area contributed by atoms with Crippen molar-refractivity contribution in [2.75, 3.05) is 24.0 Å². The van der Waals surface area contributed by atoms with Gasteiger partial charge in [-0.25, -0.2) is 9.80 Å². The number of aliphatic hydroxyl groups excluding tert-OH is 2. The van der Waals surface area contributed by atoms with Crippen molar-refractivity contribution in [2.45, 2.75) is 78.4 Å². The lowest BCUT2D eigenvalue weighted by molar-refractivity contribution is 0.0871. The molecule has 0 saturated carbocycles. The lowest BCUT2D eigenvalue weighted by Crippen LogP contribution is -2.43. The van der Waals surface area contributed by atoms with Gasteiger partial charge in [-0.15, -0.1) is 0 Å². The van der Waals surface area contributed by atoms with Crippen LogP contribution in [-0.2, 0) is 24.0 Å². The van der Waals surface area contributed by atoms with E-state index in [2.05, 4.69) is 51.5 Å². The van der Waals surface area contributed by atoms with Crippen molar-refractivity contribution in [2.24, 2.45) is 0 Å². The molecular weight excluding hydrogens is 785 g/mol. The van der Waals surface area contributed by atoms with Gasteiger partial charge < -0.3 is 19.7 Å². The molecule has 62 heavy (non-hydrogen) atoms. The maximum Gasteiger partial charge on any atom is 0.266 e. The molecule has 2 aliphatic heterocycles. The first-order valence-electron chi connectivity index (χ1n) is 20.4. The highest BCUT2D eigenvalue weighted by atomic mass is 16.5. The van der Waals surface area contributed by atoms with E-state index in [0.29, 0.717) is 22.9 Å². The molecule has 0 aliphatic carbocycles. The molecule has 0 atom stereocenters. The van der Waals surface area contributed by atoms with Crippen LogP contribution < -0.4 is 19.3 Å². The second-order valence-electron chi connectivity index (χ2n) is 16.1. The van der Waals surface area contributed by atoms with E-state index in [4.69, 9.17) is 19.7 Å². The fourth-order valence-electron chi connectivity index (χ4n) is 7.48. The maximum absolute atomic E-state index is 14.7. The van der Waals surface area contributed by atoms with Crippen molar-refractivity contribution in [1.29, 1.82) is 0 Å². The second-order valence-corrected chi connectivity index (χ2v) is 16.1. The molecular formula is C50H52N4O8. The van der Waals surface area contributed by atoms with E-state index in [1.807, 2.05) is 48.5 Å². The van der Waals surface area contributed by atoms with Gasteiger partial charge in [-0.2, -0.15) is 0 Å². The van der Waals surface area contributed by atoms with Crippen molar-refractivity contribution in [3.8, 4) is 11.5 Å². The molecule has 2 aromatic heterocycles. The molecule has 2 aliphatic rings. The highest BCUT2D eigenvalue weighted by Gasteiger charge is 2.42. The highest BCUT2D eigenvalue weighted by Crippen LogP contribution is 2.45. The summed E-state index contributed by atoms with van der Waals surface area (Å²) in [7, 11) is 2.00. The Balaban J connectivity index is 0.00000156. The van der Waals surface area contributed by atoms with Crippen LogP contribution >= 0.6 is 0 Å². The van der Waals surface area contributed by atoms with Gasteiger partial charge in [0.25, 0.3) is 23.6 Å². The Kier molecular flexibility index (Phi) is 13.3. The van der Waals surface area contributed by atoms with Gasteiger partial charge in [-0.1, -0.05) is 65.8 Å². The van der Waals surface area contributed by atoms with E-state index in [9.17, 15) is 19.2 Å². The SMILES string of the molecule is CCC(C)(C)c1ccc(OCc2cccnc2)c(N2C(=O)c3ccc4c5c(ccc(c35)C2=O)C(=O)N(c2cc(C(C)(C)CC)ccc2OCc2cccnc2)C4=O)c1.CO.CO. The van der Waals surface area contributed by atoms with Crippen molar-refractivity contribution in [3.63, 3.8) is 0 Å². The molecule has 0 unspecified atom stereocenters. The third-order valence-electron chi connectivity index (χ3n) is 11.9. The first-order chi connectivity index (χ1) is 29.8. The van der Waals surface area contributed by atoms with Crippen LogP contribution in [-0.4, -0.2) is 58.0 Å². The average molecular weight is 837 g/mol. The zero-order chi connectivity index (χ0) is 44.9. The first kappa shape index (κ1) is 44.8. The predicted octanol–water partition coefficient (Wildman–Crippen LogP) is 8.98. The van der Waals surface area contributed by atoms with Crippen LogP contribution in [0.2, 0.25) is 0 Å². The zero-order valence-corrected chi connectivity index (χ0v) is 36.4. The number of aliphatic hydroxyl groups is 2. The Labute approximate surface area is 361 Å². The largest absolute Gasteiger partial charge is 0.487 e. The normalized spacial score (nSPS) is 13.3. The molecule has 8 rings (SSSR count). The van der Waals surface area contributed by atoms with E-state index >= 15 is 0 Å². The van der Waals surface area contributed by atoms with Crippen LogP contribution in [0.3, 0.4) is 0 Å². The van der Waals surface area contributed by atoms with Gasteiger partial charge in [-0.3, -0.25) is 29.1 Å². The van der Waals surface area contributed by atoms with Crippen LogP contribution in [0.1, 0.15) is 118 Å². The van der Waals surface area contributed by atoms with Gasteiger partial charge in [-0.05, 0) is 95.5 Å². The third-order valence-corrected chi connectivity index (χ3v) is 11.9. The van der Waals surface area contributed by atoms with Gasteiger partial charge in [0.2, 0.25) is 0 Å². The summed E-state index contributed by atoms with van der Waals surface area (Å²) in [4.78, 5) is 69.4. The average Bonchev–Trinajstić information content (AvgIpc) is 3.31. The molecule has 0 bridgehead atoms. The summed E-state index contributed by atoms with van der Waals surface area (Å²) in [5.41, 5.74) is 4.41. The molecule has 0 radical (unpaired) electrons. The van der Waals surface area contributed by atoms with Crippen LogP contribution in [0, 0.1) is 0 Å². The quantitative estimate of drug-likeness (QED) is 0.114. The number of carbonyl (C=O) groups is 4. The summed E-state index contributed by atoms with van der Waals surface area (Å²) in [5.74, 6) is -1.62. The minimum atomic E-state index is -0.582. The molecule has 12 heteroatoms. The van der Waals surface area contributed by atoms with E-state index in [0.717, 1.165) is 59.1 Å². The highest BCUT2D eigenvalue weighted by molar-refractivity contribution is 6.42. The van der Waals surface area contributed by atoms with Crippen LogP contribution in [0.5, 0.6) is 11.5 Å². The van der Waals surface area contributed by atoms with Gasteiger partial charge >= 0.3 is 0 Å². The number of imide groups is 2. The number of anilines is 2. The summed E-state index contributed by atoms with van der Waals surface area (Å²) < 4.78 is 12.6. The van der Waals surface area contributed by atoms with Crippen LogP contribution in [0.15, 0.2) is 110 Å². The van der Waals surface area contributed by atoms with Crippen LogP contribution in [0.25, 0.3) is 10.8 Å². The molecule has 4 aromatic carbocycles. The number of ether oxygens (including phenoxy) is 2. The molecule has 12 nitrogen and oxygen atoms in total. The second kappa shape index (κ2) is 18.5. The van der Waals surface area contributed by atoms with E-state index < -0.39 is 23.6 Å². The Morgan fingerprint density at radius 3 is 1.15 bits per heavy atom. The number of amides is 4. The Morgan fingerprint density at radius 2 is 0.855 bits per heavy atom. The van der Waals surface area contributed by atoms with Gasteiger partial charge in [0.05, 0.1) is 11.4 Å². The third kappa shape index (κ3) is 8.18. The molecule has 320 valence electrons. The molecule has 0 spiro atoms. The summed E-state index contributed by atoms with van der Waals surface area (Å²) in [6, 6.07) is 24.9. The van der Waals surface area contributed by atoms with E-state index in [1.165, 1.54) is 0 Å². The minimum absolute atomic E-state index is 0.169. The summed E-state index contributed by atoms with van der Waals surface area (Å²) in [5, 5.41) is 14.6. The summed E-state index contributed by atoms with van der Waals surface area (Å²) in [6.45, 7) is 12.9. The number of hydrogen-bond donors (Lipinski definition) is 2. The van der Waals surface area contributed by atoms with Gasteiger partial charge in [0.1, 0.15) is 24.7 Å². The monoisotopic (exact) mass is 836 g/mol. The fraction of sp³-hybridized carbons (Fsp3) is 0.280. The summed E-state index contributed by atoms with van der Waals surface area (Å²) >= 11 is 0. The van der Waals surface area contributed by atoms with Crippen molar-refractivity contribution < 1.29 is 38.9 Å². The predicted molar refractivity (Wildman–Crippen MR) is 239 cm³/mol. The van der Waals surface area contributed by atoms with Crippen molar-refractivity contribution in [3.05, 3.63) is 154 Å². The number of benzene rings is 4. The summed E-state index contributed by atoms with van der Waals surface area (Å²) in [6.07, 6.45) is 8.38. The standard InChI is InChI=1S/C48H44N4O6.2CH4O/c1-7-47(3,4)31-13-19-39(57-27-29-11-9-21-49-25-29)37(23-31)51-43(53)33-15-17-35-42-36(18-16-34(41(33)42)44(51)54)46(56)52(45(35)55)38-24-32(48(5,6)8-2)14-20-40(38)58-28-30-12-10-22-50-26-30;2*1-2/h9-26H,7-8,27-28H2,1-6H3;2*2H,1H3. The Bertz CT molecular complexity index is 2390. The molecule has 2 N–H and O–H groups in total. The van der Waals surface area contributed by atoms with Crippen molar-refractivity contribution >= 4 is 45.8 Å². The molecule has 0 saturated heterocycles. The Hall–Kier alpha value is -6.76. The number of pyridine rings is 2. The van der Waals surface area contributed by atoms with Crippen LogP contribution in [0.4, 0.5) is 11.4 Å². The number of rotatable bonds is 12. The number of aromatic nitrogens is 2. The smallest absolute Gasteiger partial charge is 0.266 e. The number of nitrogens with zero attached hydrogens (tertiary/aromatic N) is 4. The molecule has 4 heterocycles. The topological polar surface area (TPSA) is 159 Å². The van der Waals surface area contributed by atoms with E-state index in [1.54, 1.807) is 61.2 Å². The number of hydrogen-bond acceptors (Lipinski definition) is 10. The minimum Gasteiger partial charge on any atom is -0.487 e. The molecule has 0 fully saturated rings. The maximum atomic E-state index is 14.7. The van der Waals surface area contributed by atoms with Gasteiger partial charge in [0.15, 0.2) is 0 Å². The first-order valence-corrected chi connectivity index (χ1v) is 20.4. The number of carbonyl (C=O) groups excluding carboxylic acids is 4. The lowest BCUT2D eigenvalue weighted by Gasteiger charge is -2.34. The Morgan fingerprint density at radius 1 is 0.516 bits per heavy atom. The van der Waals surface area contributed by atoms with Gasteiger partial charge in [0, 0.05) is 83.2 Å². The lowest BCUT2D eigenvalue weighted by atomic mass is 9.81. The zero-order valence-electron chi connectivity index (χ0n) is 36.4. The van der Waals surface area contributed by atoms with E-state index in [-0.39, 0.29) is 57.1 Å². The molecule has 6 aromatic rings. The van der Waals surface area contributed by atoms with Crippen molar-refractivity contribution in [1.82, 2.24) is 9.97 Å². The molecule has 4 amide bonds. The fourth-order valence-corrected chi connectivity index (χ4v) is 7.48.